The third-order valence-corrected chi connectivity index (χ3v) is 5.65. The molecule has 0 amide bonds. The molecular formula is C16H30O6. The molecule has 0 spiro atoms. The van der Waals surface area contributed by atoms with E-state index in [2.05, 4.69) is 13.8 Å². The Morgan fingerprint density at radius 2 is 1.73 bits per heavy atom. The Kier molecular flexibility index (Phi) is 5.52. The number of aliphatic hydroxyl groups excluding tert-OH is 5. The van der Waals surface area contributed by atoms with Gasteiger partial charge in [0.25, 0.3) is 0 Å². The summed E-state index contributed by atoms with van der Waals surface area (Å²) in [6, 6.07) is 0. The van der Waals surface area contributed by atoms with Crippen molar-refractivity contribution in [2.45, 2.75) is 76.7 Å². The van der Waals surface area contributed by atoms with Gasteiger partial charge in [0.05, 0.1) is 18.8 Å². The van der Waals surface area contributed by atoms with Gasteiger partial charge in [-0.1, -0.05) is 20.8 Å². The van der Waals surface area contributed by atoms with Gasteiger partial charge >= 0.3 is 0 Å². The summed E-state index contributed by atoms with van der Waals surface area (Å²) >= 11 is 0. The third-order valence-electron chi connectivity index (χ3n) is 5.65. The minimum absolute atomic E-state index is 0.220. The molecule has 2 aliphatic rings. The van der Waals surface area contributed by atoms with Gasteiger partial charge in [-0.3, -0.25) is 0 Å². The number of hydrogen-bond donors (Lipinski definition) is 5. The second-order valence-corrected chi connectivity index (χ2v) is 7.62. The normalized spacial score (nSPS) is 50.3. The Bertz CT molecular complexity index is 374. The average molecular weight is 318 g/mol. The van der Waals surface area contributed by atoms with E-state index in [1.807, 2.05) is 6.92 Å². The molecule has 8 atom stereocenters. The molecule has 1 aliphatic heterocycles. The molecule has 22 heavy (non-hydrogen) atoms. The summed E-state index contributed by atoms with van der Waals surface area (Å²) in [7, 11) is 0. The second-order valence-electron chi connectivity index (χ2n) is 7.62. The van der Waals surface area contributed by atoms with Gasteiger partial charge in [-0.2, -0.15) is 0 Å². The zero-order valence-corrected chi connectivity index (χ0v) is 13.6. The molecule has 0 aromatic heterocycles. The smallest absolute Gasteiger partial charge is 0.111 e. The molecule has 2 fully saturated rings. The summed E-state index contributed by atoms with van der Waals surface area (Å²) in [6.45, 7) is 5.68. The molecule has 6 heteroatoms. The van der Waals surface area contributed by atoms with Gasteiger partial charge in [0, 0.05) is 0 Å². The maximum absolute atomic E-state index is 10.4. The monoisotopic (exact) mass is 318 g/mol. The standard InChI is InChI=1S/C16H30O6/c1-8(2)9-4-5-16(3,6-10(9)18)15-14(21)13(20)12(19)11(7-17)22-15/h8-15,17-21H,4-7H2,1-3H3/t9?,10?,11-,12-,13+,14-,15-,16?/m1/s1. The maximum Gasteiger partial charge on any atom is 0.111 e. The fourth-order valence-corrected chi connectivity index (χ4v) is 4.13. The summed E-state index contributed by atoms with van der Waals surface area (Å²) in [6.07, 6.45) is -3.95. The van der Waals surface area contributed by atoms with Gasteiger partial charge in [0.2, 0.25) is 0 Å². The van der Waals surface area contributed by atoms with Crippen LogP contribution in [-0.2, 0) is 4.74 Å². The molecule has 0 aromatic rings. The van der Waals surface area contributed by atoms with Crippen molar-refractivity contribution >= 4 is 0 Å². The van der Waals surface area contributed by atoms with Crippen LogP contribution in [0.1, 0.15) is 40.0 Å². The van der Waals surface area contributed by atoms with E-state index in [0.717, 1.165) is 12.8 Å². The molecule has 1 saturated carbocycles. The van der Waals surface area contributed by atoms with Gasteiger partial charge in [-0.15, -0.1) is 0 Å². The summed E-state index contributed by atoms with van der Waals surface area (Å²) in [5.74, 6) is 0.604. The first-order valence-corrected chi connectivity index (χ1v) is 8.20. The van der Waals surface area contributed by atoms with Crippen LogP contribution in [-0.4, -0.2) is 68.8 Å². The van der Waals surface area contributed by atoms with Crippen LogP contribution in [0.5, 0.6) is 0 Å². The molecule has 1 aliphatic carbocycles. The van der Waals surface area contributed by atoms with Crippen LogP contribution in [0.15, 0.2) is 0 Å². The van der Waals surface area contributed by atoms with Crippen molar-refractivity contribution in [1.82, 2.24) is 0 Å². The minimum atomic E-state index is -1.35. The Hall–Kier alpha value is -0.240. The van der Waals surface area contributed by atoms with E-state index in [0.29, 0.717) is 12.3 Å². The SMILES string of the molecule is CC(C)C1CCC(C)([C@@H]2O[C@H](CO)[C@@H](O)[C@H](O)[C@H]2O)CC1O. The van der Waals surface area contributed by atoms with Gasteiger partial charge in [-0.05, 0) is 36.5 Å². The third kappa shape index (κ3) is 3.18. The molecule has 0 radical (unpaired) electrons. The molecule has 0 aromatic carbocycles. The molecule has 3 unspecified atom stereocenters. The molecule has 6 nitrogen and oxygen atoms in total. The van der Waals surface area contributed by atoms with Gasteiger partial charge < -0.3 is 30.3 Å². The van der Waals surface area contributed by atoms with Crippen LogP contribution in [0.3, 0.4) is 0 Å². The first-order valence-electron chi connectivity index (χ1n) is 8.20. The Morgan fingerprint density at radius 3 is 2.23 bits per heavy atom. The van der Waals surface area contributed by atoms with E-state index in [1.165, 1.54) is 0 Å². The number of ether oxygens (including phenoxy) is 1. The van der Waals surface area contributed by atoms with Crippen LogP contribution in [0.25, 0.3) is 0 Å². The molecule has 130 valence electrons. The fourth-order valence-electron chi connectivity index (χ4n) is 4.13. The van der Waals surface area contributed by atoms with Crippen molar-refractivity contribution in [3.05, 3.63) is 0 Å². The Morgan fingerprint density at radius 1 is 1.09 bits per heavy atom. The van der Waals surface area contributed by atoms with E-state index >= 15 is 0 Å². The highest BCUT2D eigenvalue weighted by Crippen LogP contribution is 2.47. The zero-order chi connectivity index (χ0) is 16.7. The lowest BCUT2D eigenvalue weighted by Gasteiger charge is -2.51. The van der Waals surface area contributed by atoms with Gasteiger partial charge in [0.1, 0.15) is 24.4 Å². The quantitative estimate of drug-likeness (QED) is 0.487. The van der Waals surface area contributed by atoms with Crippen LogP contribution >= 0.6 is 0 Å². The van der Waals surface area contributed by atoms with Crippen LogP contribution in [0, 0.1) is 17.3 Å². The van der Waals surface area contributed by atoms with Crippen molar-refractivity contribution in [1.29, 1.82) is 0 Å². The highest BCUT2D eigenvalue weighted by Gasteiger charge is 2.53. The molecule has 2 rings (SSSR count). The van der Waals surface area contributed by atoms with Gasteiger partial charge in [-0.25, -0.2) is 0 Å². The first-order chi connectivity index (χ1) is 10.2. The minimum Gasteiger partial charge on any atom is -0.394 e. The largest absolute Gasteiger partial charge is 0.394 e. The van der Waals surface area contributed by atoms with Crippen molar-refractivity contribution in [3.8, 4) is 0 Å². The van der Waals surface area contributed by atoms with Crippen molar-refractivity contribution in [3.63, 3.8) is 0 Å². The van der Waals surface area contributed by atoms with E-state index < -0.39 is 48.6 Å². The zero-order valence-electron chi connectivity index (χ0n) is 13.6. The summed E-state index contributed by atoms with van der Waals surface area (Å²) < 4.78 is 5.70. The fraction of sp³-hybridized carbons (Fsp3) is 1.00. The van der Waals surface area contributed by atoms with Crippen LogP contribution in [0.4, 0.5) is 0 Å². The summed E-state index contributed by atoms with van der Waals surface area (Å²) in [5.41, 5.74) is -0.501. The topological polar surface area (TPSA) is 110 Å². The predicted molar refractivity (Wildman–Crippen MR) is 80.1 cm³/mol. The predicted octanol–water partition coefficient (Wildman–Crippen LogP) is -0.348. The lowest BCUT2D eigenvalue weighted by molar-refractivity contribution is -0.262. The van der Waals surface area contributed by atoms with Gasteiger partial charge in [0.15, 0.2) is 0 Å². The highest BCUT2D eigenvalue weighted by atomic mass is 16.5. The van der Waals surface area contributed by atoms with E-state index in [9.17, 15) is 25.5 Å². The second kappa shape index (κ2) is 6.71. The first kappa shape index (κ1) is 18.1. The highest BCUT2D eigenvalue weighted by molar-refractivity contribution is 5.02. The average Bonchev–Trinajstić information content (AvgIpc) is 2.44. The lowest BCUT2D eigenvalue weighted by atomic mass is 9.63. The Balaban J connectivity index is 2.15. The van der Waals surface area contributed by atoms with E-state index in [4.69, 9.17) is 4.74 Å². The molecule has 1 saturated heterocycles. The summed E-state index contributed by atoms with van der Waals surface area (Å²) in [5, 5.41) is 49.9. The van der Waals surface area contributed by atoms with Crippen molar-refractivity contribution < 1.29 is 30.3 Å². The summed E-state index contributed by atoms with van der Waals surface area (Å²) in [4.78, 5) is 0. The maximum atomic E-state index is 10.4. The van der Waals surface area contributed by atoms with Crippen molar-refractivity contribution in [2.24, 2.45) is 17.3 Å². The molecule has 5 N–H and O–H groups in total. The van der Waals surface area contributed by atoms with E-state index in [1.54, 1.807) is 0 Å². The van der Waals surface area contributed by atoms with Crippen molar-refractivity contribution in [2.75, 3.05) is 6.61 Å². The molecule has 1 heterocycles. The van der Waals surface area contributed by atoms with Crippen LogP contribution in [0.2, 0.25) is 0 Å². The lowest BCUT2D eigenvalue weighted by Crippen LogP contribution is -2.63. The van der Waals surface area contributed by atoms with E-state index in [-0.39, 0.29) is 5.92 Å². The molecule has 0 bridgehead atoms. The van der Waals surface area contributed by atoms with Crippen LogP contribution < -0.4 is 0 Å². The molecular weight excluding hydrogens is 288 g/mol. The number of hydrogen-bond acceptors (Lipinski definition) is 6. The number of aliphatic hydroxyl groups is 5. The number of rotatable bonds is 3. The Labute approximate surface area is 131 Å².